The predicted octanol–water partition coefficient (Wildman–Crippen LogP) is 5.03. The van der Waals surface area contributed by atoms with Crippen molar-refractivity contribution in [1.29, 1.82) is 0 Å². The quantitative estimate of drug-likeness (QED) is 0.578. The Morgan fingerprint density at radius 1 is 1.29 bits per heavy atom. The molecular formula is C14H28. The van der Waals surface area contributed by atoms with Crippen molar-refractivity contribution >= 4 is 0 Å². The molecule has 0 aromatic carbocycles. The van der Waals surface area contributed by atoms with Gasteiger partial charge in [-0.3, -0.25) is 0 Å². The molecule has 2 atom stereocenters. The van der Waals surface area contributed by atoms with Gasteiger partial charge in [0, 0.05) is 0 Å². The van der Waals surface area contributed by atoms with Gasteiger partial charge >= 0.3 is 0 Å². The van der Waals surface area contributed by atoms with Crippen LogP contribution in [0.5, 0.6) is 0 Å². The fraction of sp³-hybridized carbons (Fsp3) is 1.00. The van der Waals surface area contributed by atoms with Crippen molar-refractivity contribution in [2.24, 2.45) is 17.3 Å². The number of rotatable bonds is 5. The molecule has 0 N–H and O–H groups in total. The smallest absolute Gasteiger partial charge is 0.0295 e. The van der Waals surface area contributed by atoms with E-state index < -0.39 is 0 Å². The van der Waals surface area contributed by atoms with Crippen LogP contribution in [0.25, 0.3) is 0 Å². The van der Waals surface area contributed by atoms with Gasteiger partial charge in [0.1, 0.15) is 0 Å². The zero-order chi connectivity index (χ0) is 10.6. The summed E-state index contributed by atoms with van der Waals surface area (Å²) in [5.74, 6) is 1.94. The van der Waals surface area contributed by atoms with Gasteiger partial charge in [0.15, 0.2) is 0 Å². The highest BCUT2D eigenvalue weighted by molar-refractivity contribution is 4.88. The van der Waals surface area contributed by atoms with Crippen molar-refractivity contribution in [3.8, 4) is 0 Å². The minimum atomic E-state index is 0.730. The zero-order valence-electron chi connectivity index (χ0n) is 10.6. The average molecular weight is 196 g/mol. The summed E-state index contributed by atoms with van der Waals surface area (Å²) < 4.78 is 0. The first-order valence-corrected chi connectivity index (χ1v) is 6.62. The first-order chi connectivity index (χ1) is 6.62. The molecule has 0 radical (unpaired) electrons. The third kappa shape index (κ3) is 3.00. The summed E-state index contributed by atoms with van der Waals surface area (Å²) >= 11 is 0. The molecule has 0 nitrogen and oxygen atoms in total. The average Bonchev–Trinajstić information content (AvgIpc) is 2.49. The largest absolute Gasteiger partial charge is 0.0654 e. The van der Waals surface area contributed by atoms with E-state index in [4.69, 9.17) is 0 Å². The summed E-state index contributed by atoms with van der Waals surface area (Å²) in [5.41, 5.74) is 0.730. The van der Waals surface area contributed by atoms with Crippen LogP contribution in [0, 0.1) is 17.3 Å². The molecule has 1 saturated carbocycles. The summed E-state index contributed by atoms with van der Waals surface area (Å²) in [6.07, 6.45) is 10.3. The predicted molar refractivity (Wildman–Crippen MR) is 64.4 cm³/mol. The summed E-state index contributed by atoms with van der Waals surface area (Å²) in [5, 5.41) is 0. The van der Waals surface area contributed by atoms with E-state index in [1.807, 2.05) is 0 Å². The molecule has 0 amide bonds. The van der Waals surface area contributed by atoms with Gasteiger partial charge in [0.2, 0.25) is 0 Å². The fourth-order valence-corrected chi connectivity index (χ4v) is 3.50. The molecule has 0 heteroatoms. The number of hydrogen-bond donors (Lipinski definition) is 0. The van der Waals surface area contributed by atoms with Gasteiger partial charge in [0.25, 0.3) is 0 Å². The van der Waals surface area contributed by atoms with Gasteiger partial charge in [-0.2, -0.15) is 0 Å². The van der Waals surface area contributed by atoms with Gasteiger partial charge in [-0.05, 0) is 42.9 Å². The molecule has 1 aliphatic rings. The fourth-order valence-electron chi connectivity index (χ4n) is 3.50. The van der Waals surface area contributed by atoms with Crippen molar-refractivity contribution in [2.75, 3.05) is 0 Å². The highest BCUT2D eigenvalue weighted by atomic mass is 14.4. The lowest BCUT2D eigenvalue weighted by Gasteiger charge is -2.30. The van der Waals surface area contributed by atoms with Crippen LogP contribution in [0.3, 0.4) is 0 Å². The molecule has 84 valence electrons. The zero-order valence-corrected chi connectivity index (χ0v) is 10.6. The highest BCUT2D eigenvalue weighted by Crippen LogP contribution is 2.49. The first-order valence-electron chi connectivity index (χ1n) is 6.62. The van der Waals surface area contributed by atoms with Crippen LogP contribution in [-0.4, -0.2) is 0 Å². The van der Waals surface area contributed by atoms with E-state index in [1.165, 1.54) is 44.9 Å². The standard InChI is InChI=1S/C14H28/c1-5-7-13-8-9-14(6-2,11-13)10-12(3)4/h12-13H,5-11H2,1-4H3. The van der Waals surface area contributed by atoms with Gasteiger partial charge in [-0.25, -0.2) is 0 Å². The van der Waals surface area contributed by atoms with Crippen LogP contribution in [-0.2, 0) is 0 Å². The van der Waals surface area contributed by atoms with Crippen LogP contribution >= 0.6 is 0 Å². The molecule has 2 unspecified atom stereocenters. The SMILES string of the molecule is CCCC1CCC(CC)(CC(C)C)C1. The lowest BCUT2D eigenvalue weighted by atomic mass is 9.75. The van der Waals surface area contributed by atoms with E-state index in [1.54, 1.807) is 0 Å². The van der Waals surface area contributed by atoms with Crippen molar-refractivity contribution < 1.29 is 0 Å². The Balaban J connectivity index is 2.48. The minimum Gasteiger partial charge on any atom is -0.0654 e. The second kappa shape index (κ2) is 5.19. The molecular weight excluding hydrogens is 168 g/mol. The Bertz CT molecular complexity index is 159. The van der Waals surface area contributed by atoms with E-state index in [0.717, 1.165) is 17.3 Å². The maximum Gasteiger partial charge on any atom is -0.0295 e. The summed E-state index contributed by atoms with van der Waals surface area (Å²) in [6, 6.07) is 0. The lowest BCUT2D eigenvalue weighted by molar-refractivity contribution is 0.214. The highest BCUT2D eigenvalue weighted by Gasteiger charge is 2.37. The Labute approximate surface area is 90.5 Å². The molecule has 0 bridgehead atoms. The van der Waals surface area contributed by atoms with Crippen LogP contribution in [0.2, 0.25) is 0 Å². The molecule has 0 spiro atoms. The first kappa shape index (κ1) is 12.1. The Kier molecular flexibility index (Phi) is 4.47. The maximum atomic E-state index is 2.40. The molecule has 1 fully saturated rings. The third-order valence-corrected chi connectivity index (χ3v) is 4.09. The van der Waals surface area contributed by atoms with Crippen molar-refractivity contribution in [1.82, 2.24) is 0 Å². The van der Waals surface area contributed by atoms with Crippen LogP contribution in [0.1, 0.15) is 72.6 Å². The van der Waals surface area contributed by atoms with E-state index in [0.29, 0.717) is 0 Å². The van der Waals surface area contributed by atoms with E-state index in [9.17, 15) is 0 Å². The molecule has 0 heterocycles. The molecule has 0 aromatic heterocycles. The van der Waals surface area contributed by atoms with Gasteiger partial charge in [-0.15, -0.1) is 0 Å². The van der Waals surface area contributed by atoms with E-state index in [-0.39, 0.29) is 0 Å². The Morgan fingerprint density at radius 2 is 2.00 bits per heavy atom. The maximum absolute atomic E-state index is 2.40. The van der Waals surface area contributed by atoms with Gasteiger partial charge < -0.3 is 0 Å². The van der Waals surface area contributed by atoms with Crippen molar-refractivity contribution in [2.45, 2.75) is 72.6 Å². The molecule has 14 heavy (non-hydrogen) atoms. The third-order valence-electron chi connectivity index (χ3n) is 4.09. The van der Waals surface area contributed by atoms with Crippen molar-refractivity contribution in [3.63, 3.8) is 0 Å². The van der Waals surface area contributed by atoms with Gasteiger partial charge in [0.05, 0.1) is 0 Å². The second-order valence-corrected chi connectivity index (χ2v) is 5.85. The molecule has 0 saturated heterocycles. The topological polar surface area (TPSA) is 0 Å². The Hall–Kier alpha value is 0. The summed E-state index contributed by atoms with van der Waals surface area (Å²) in [6.45, 7) is 9.49. The molecule has 0 aromatic rings. The molecule has 1 aliphatic carbocycles. The molecule has 1 rings (SSSR count). The summed E-state index contributed by atoms with van der Waals surface area (Å²) in [4.78, 5) is 0. The lowest BCUT2D eigenvalue weighted by Crippen LogP contribution is -2.18. The minimum absolute atomic E-state index is 0.730. The van der Waals surface area contributed by atoms with Gasteiger partial charge in [-0.1, -0.05) is 47.0 Å². The van der Waals surface area contributed by atoms with E-state index in [2.05, 4.69) is 27.7 Å². The normalized spacial score (nSPS) is 32.8. The van der Waals surface area contributed by atoms with Crippen LogP contribution in [0.15, 0.2) is 0 Å². The number of hydrogen-bond acceptors (Lipinski definition) is 0. The van der Waals surface area contributed by atoms with E-state index >= 15 is 0 Å². The molecule has 0 aliphatic heterocycles. The monoisotopic (exact) mass is 196 g/mol. The van der Waals surface area contributed by atoms with Crippen molar-refractivity contribution in [3.05, 3.63) is 0 Å². The van der Waals surface area contributed by atoms with Crippen LogP contribution < -0.4 is 0 Å². The Morgan fingerprint density at radius 3 is 2.50 bits per heavy atom. The summed E-state index contributed by atoms with van der Waals surface area (Å²) in [7, 11) is 0. The second-order valence-electron chi connectivity index (χ2n) is 5.85. The van der Waals surface area contributed by atoms with Crippen LogP contribution in [0.4, 0.5) is 0 Å².